The molecule has 7 nitrogen and oxygen atoms in total. The lowest BCUT2D eigenvalue weighted by molar-refractivity contribution is -0.155. The van der Waals surface area contributed by atoms with Gasteiger partial charge in [-0.15, -0.1) is 10.2 Å². The molecule has 1 amide bonds. The van der Waals surface area contributed by atoms with Crippen molar-refractivity contribution in [3.63, 3.8) is 0 Å². The molecule has 3 unspecified atom stereocenters. The Hall–Kier alpha value is -1.92. The first-order valence-corrected chi connectivity index (χ1v) is 6.84. The van der Waals surface area contributed by atoms with Crippen LogP contribution < -0.4 is 0 Å². The highest BCUT2D eigenvalue weighted by Crippen LogP contribution is 2.30. The van der Waals surface area contributed by atoms with Crippen molar-refractivity contribution in [2.45, 2.75) is 46.3 Å². The van der Waals surface area contributed by atoms with Gasteiger partial charge in [0.15, 0.2) is 5.82 Å². The van der Waals surface area contributed by atoms with E-state index in [-0.39, 0.29) is 24.3 Å². The predicted octanol–water partition coefficient (Wildman–Crippen LogP) is 0.756. The van der Waals surface area contributed by atoms with Crippen LogP contribution in [0.2, 0.25) is 0 Å². The minimum absolute atomic E-state index is 0.0202. The monoisotopic (exact) mass is 280 g/mol. The third kappa shape index (κ3) is 2.52. The second kappa shape index (κ2) is 5.60. The van der Waals surface area contributed by atoms with Crippen molar-refractivity contribution < 1.29 is 14.7 Å². The minimum Gasteiger partial charge on any atom is -0.481 e. The normalized spacial score (nSPS) is 26.9. The summed E-state index contributed by atoms with van der Waals surface area (Å²) >= 11 is 0. The van der Waals surface area contributed by atoms with Crippen molar-refractivity contribution in [1.29, 1.82) is 0 Å². The van der Waals surface area contributed by atoms with Gasteiger partial charge in [-0.2, -0.15) is 0 Å². The van der Waals surface area contributed by atoms with E-state index in [1.54, 1.807) is 18.2 Å². The van der Waals surface area contributed by atoms with Crippen LogP contribution in [-0.4, -0.2) is 42.7 Å². The Morgan fingerprint density at radius 1 is 1.50 bits per heavy atom. The molecule has 110 valence electrons. The SMILES string of the molecule is CCn1cnnc1CN1C(=O)CC(C)C(C(=O)O)C1C. The number of carboxylic acid groups (broad SMARTS) is 1. The molecule has 0 radical (unpaired) electrons. The maximum absolute atomic E-state index is 12.2. The van der Waals surface area contributed by atoms with E-state index in [4.69, 9.17) is 0 Å². The third-order valence-corrected chi connectivity index (χ3v) is 4.07. The number of hydrogen-bond acceptors (Lipinski definition) is 4. The Kier molecular flexibility index (Phi) is 4.06. The molecular weight excluding hydrogens is 260 g/mol. The molecule has 0 saturated carbocycles. The number of amides is 1. The van der Waals surface area contributed by atoms with E-state index in [1.807, 2.05) is 18.4 Å². The number of aromatic nitrogens is 3. The second-order valence-corrected chi connectivity index (χ2v) is 5.34. The Bertz CT molecular complexity index is 513. The van der Waals surface area contributed by atoms with Crippen molar-refractivity contribution in [3.05, 3.63) is 12.2 Å². The average Bonchev–Trinajstić information content (AvgIpc) is 2.80. The summed E-state index contributed by atoms with van der Waals surface area (Å²) in [7, 11) is 0. The summed E-state index contributed by atoms with van der Waals surface area (Å²) in [5, 5.41) is 17.2. The second-order valence-electron chi connectivity index (χ2n) is 5.34. The molecule has 1 aromatic heterocycles. The standard InChI is InChI=1S/C13H20N4O3/c1-4-16-7-14-15-10(16)6-17-9(3)12(13(19)20)8(2)5-11(17)18/h7-9,12H,4-6H2,1-3H3,(H,19,20). The molecule has 2 rings (SSSR count). The van der Waals surface area contributed by atoms with Gasteiger partial charge >= 0.3 is 5.97 Å². The molecule has 1 fully saturated rings. The number of carbonyl (C=O) groups excluding carboxylic acids is 1. The van der Waals surface area contributed by atoms with Crippen molar-refractivity contribution in [2.24, 2.45) is 11.8 Å². The molecule has 3 atom stereocenters. The van der Waals surface area contributed by atoms with Gasteiger partial charge in [-0.1, -0.05) is 6.92 Å². The molecule has 20 heavy (non-hydrogen) atoms. The minimum atomic E-state index is -0.848. The smallest absolute Gasteiger partial charge is 0.308 e. The van der Waals surface area contributed by atoms with Crippen molar-refractivity contribution in [3.8, 4) is 0 Å². The number of aliphatic carboxylic acids is 1. The van der Waals surface area contributed by atoms with Crippen LogP contribution in [0.25, 0.3) is 0 Å². The number of aryl methyl sites for hydroxylation is 1. The van der Waals surface area contributed by atoms with Gasteiger partial charge in [0.05, 0.1) is 12.5 Å². The summed E-state index contributed by atoms with van der Waals surface area (Å²) < 4.78 is 1.85. The van der Waals surface area contributed by atoms with Crippen molar-refractivity contribution in [1.82, 2.24) is 19.7 Å². The van der Waals surface area contributed by atoms with Gasteiger partial charge in [0.25, 0.3) is 0 Å². The highest BCUT2D eigenvalue weighted by Gasteiger charge is 2.42. The molecule has 1 saturated heterocycles. The van der Waals surface area contributed by atoms with Gasteiger partial charge in [-0.05, 0) is 19.8 Å². The number of nitrogens with zero attached hydrogens (tertiary/aromatic N) is 4. The fourth-order valence-corrected chi connectivity index (χ4v) is 2.92. The molecule has 0 spiro atoms. The first-order valence-electron chi connectivity index (χ1n) is 6.84. The summed E-state index contributed by atoms with van der Waals surface area (Å²) in [6.07, 6.45) is 1.88. The maximum atomic E-state index is 12.2. The first kappa shape index (κ1) is 14.5. The zero-order valence-electron chi connectivity index (χ0n) is 12.0. The molecule has 1 N–H and O–H groups in total. The number of carboxylic acids is 1. The zero-order chi connectivity index (χ0) is 14.9. The molecule has 2 heterocycles. The van der Waals surface area contributed by atoms with Crippen LogP contribution in [0.3, 0.4) is 0 Å². The van der Waals surface area contributed by atoms with Crippen LogP contribution in [0.5, 0.6) is 0 Å². The molecule has 1 aromatic rings. The van der Waals surface area contributed by atoms with E-state index < -0.39 is 11.9 Å². The molecule has 0 bridgehead atoms. The fourth-order valence-electron chi connectivity index (χ4n) is 2.92. The molecule has 1 aliphatic heterocycles. The number of piperidine rings is 1. The number of likely N-dealkylation sites (tertiary alicyclic amines) is 1. The van der Waals surface area contributed by atoms with E-state index in [0.717, 1.165) is 6.54 Å². The van der Waals surface area contributed by atoms with E-state index in [0.29, 0.717) is 12.4 Å². The summed E-state index contributed by atoms with van der Waals surface area (Å²) in [5.74, 6) is -0.861. The average molecular weight is 280 g/mol. The number of carbonyl (C=O) groups is 2. The highest BCUT2D eigenvalue weighted by atomic mass is 16.4. The lowest BCUT2D eigenvalue weighted by Gasteiger charge is -2.40. The first-order chi connectivity index (χ1) is 9.45. The van der Waals surface area contributed by atoms with Crippen molar-refractivity contribution >= 4 is 11.9 Å². The molecule has 7 heteroatoms. The van der Waals surface area contributed by atoms with E-state index in [1.165, 1.54) is 0 Å². The summed E-state index contributed by atoms with van der Waals surface area (Å²) in [5.41, 5.74) is 0. The van der Waals surface area contributed by atoms with Crippen LogP contribution in [0.4, 0.5) is 0 Å². The zero-order valence-corrected chi connectivity index (χ0v) is 12.0. The molecule has 0 aliphatic carbocycles. The number of rotatable bonds is 4. The van der Waals surface area contributed by atoms with Gasteiger partial charge in [-0.3, -0.25) is 9.59 Å². The third-order valence-electron chi connectivity index (χ3n) is 4.07. The van der Waals surface area contributed by atoms with Crippen LogP contribution in [-0.2, 0) is 22.7 Å². The molecule has 0 aromatic carbocycles. The van der Waals surface area contributed by atoms with Crippen LogP contribution in [0, 0.1) is 11.8 Å². The van der Waals surface area contributed by atoms with Gasteiger partial charge in [-0.25, -0.2) is 0 Å². The highest BCUT2D eigenvalue weighted by molar-refractivity contribution is 5.81. The topological polar surface area (TPSA) is 88.3 Å². The summed E-state index contributed by atoms with van der Waals surface area (Å²) in [4.78, 5) is 25.2. The Balaban J connectivity index is 2.21. The predicted molar refractivity (Wildman–Crippen MR) is 70.6 cm³/mol. The van der Waals surface area contributed by atoms with Crippen LogP contribution in [0.1, 0.15) is 33.0 Å². The van der Waals surface area contributed by atoms with E-state index in [2.05, 4.69) is 10.2 Å². The van der Waals surface area contributed by atoms with E-state index in [9.17, 15) is 14.7 Å². The van der Waals surface area contributed by atoms with Gasteiger partial charge in [0, 0.05) is 19.0 Å². The summed E-state index contributed by atoms with van der Waals surface area (Å²) in [6.45, 7) is 6.61. The summed E-state index contributed by atoms with van der Waals surface area (Å²) in [6, 6.07) is -0.342. The fraction of sp³-hybridized carbons (Fsp3) is 0.692. The lowest BCUT2D eigenvalue weighted by Crippen LogP contribution is -2.52. The van der Waals surface area contributed by atoms with Gasteiger partial charge in [0.1, 0.15) is 6.33 Å². The Morgan fingerprint density at radius 2 is 2.20 bits per heavy atom. The van der Waals surface area contributed by atoms with Gasteiger partial charge < -0.3 is 14.6 Å². The van der Waals surface area contributed by atoms with Crippen LogP contribution >= 0.6 is 0 Å². The Morgan fingerprint density at radius 3 is 2.80 bits per heavy atom. The van der Waals surface area contributed by atoms with Crippen molar-refractivity contribution in [2.75, 3.05) is 0 Å². The quantitative estimate of drug-likeness (QED) is 0.879. The lowest BCUT2D eigenvalue weighted by atomic mass is 9.81. The largest absolute Gasteiger partial charge is 0.481 e. The number of hydrogen-bond donors (Lipinski definition) is 1. The Labute approximate surface area is 117 Å². The van der Waals surface area contributed by atoms with E-state index >= 15 is 0 Å². The van der Waals surface area contributed by atoms with Gasteiger partial charge in [0.2, 0.25) is 5.91 Å². The molecular formula is C13H20N4O3. The maximum Gasteiger partial charge on any atom is 0.308 e. The van der Waals surface area contributed by atoms with Crippen LogP contribution in [0.15, 0.2) is 6.33 Å². The molecule has 1 aliphatic rings.